The van der Waals surface area contributed by atoms with Gasteiger partial charge in [-0.1, -0.05) is 39.5 Å². The van der Waals surface area contributed by atoms with E-state index >= 15 is 0 Å². The summed E-state index contributed by atoms with van der Waals surface area (Å²) in [4.78, 5) is 11.9. The Hall–Kier alpha value is -3.12. The number of amides is 1. The SMILES string of the molecule is C.CC.NC(=O)c1cn(C2CCCNC2)nc1-c1ccc(Oc2ccccc2)cc1. The first kappa shape index (κ1) is 23.2. The van der Waals surface area contributed by atoms with E-state index in [1.54, 1.807) is 6.20 Å². The highest BCUT2D eigenvalue weighted by Gasteiger charge is 2.21. The first-order valence-electron chi connectivity index (χ1n) is 10.1. The molecule has 3 N–H and O–H groups in total. The van der Waals surface area contributed by atoms with Gasteiger partial charge in [0, 0.05) is 18.3 Å². The van der Waals surface area contributed by atoms with Gasteiger partial charge in [0.2, 0.25) is 0 Å². The number of nitrogens with one attached hydrogen (secondary N) is 1. The lowest BCUT2D eigenvalue weighted by molar-refractivity contribution is 0.100. The highest BCUT2D eigenvalue weighted by atomic mass is 16.5. The van der Waals surface area contributed by atoms with Crippen LogP contribution >= 0.6 is 0 Å². The third-order valence-corrected chi connectivity index (χ3v) is 4.75. The van der Waals surface area contributed by atoms with Gasteiger partial charge in [0.05, 0.1) is 11.6 Å². The van der Waals surface area contributed by atoms with Gasteiger partial charge < -0.3 is 15.8 Å². The summed E-state index contributed by atoms with van der Waals surface area (Å²) in [5, 5.41) is 8.04. The van der Waals surface area contributed by atoms with Crippen molar-refractivity contribution in [3.63, 3.8) is 0 Å². The summed E-state index contributed by atoms with van der Waals surface area (Å²) >= 11 is 0. The summed E-state index contributed by atoms with van der Waals surface area (Å²) in [6.07, 6.45) is 3.90. The molecule has 1 fully saturated rings. The number of carbonyl (C=O) groups is 1. The number of hydrogen-bond acceptors (Lipinski definition) is 4. The third kappa shape index (κ3) is 5.48. The molecule has 0 radical (unpaired) electrons. The van der Waals surface area contributed by atoms with Gasteiger partial charge in [-0.2, -0.15) is 5.10 Å². The van der Waals surface area contributed by atoms with Crippen molar-refractivity contribution in [1.82, 2.24) is 15.1 Å². The lowest BCUT2D eigenvalue weighted by atomic mass is 10.1. The normalized spacial score (nSPS) is 15.3. The van der Waals surface area contributed by atoms with Crippen molar-refractivity contribution < 1.29 is 9.53 Å². The van der Waals surface area contributed by atoms with Gasteiger partial charge >= 0.3 is 0 Å². The molecule has 1 amide bonds. The molecule has 6 heteroatoms. The van der Waals surface area contributed by atoms with Crippen LogP contribution in [0.15, 0.2) is 60.8 Å². The standard InChI is InChI=1S/C21H22N4O2.C2H6.CH4/c22-21(26)19-14-25(16-5-4-12-23-13-16)24-20(19)15-8-10-18(11-9-15)27-17-6-2-1-3-7-17;1-2;/h1-3,6-11,14,16,23H,4-5,12-13H2,(H2,22,26);1-2H3;1H4. The lowest BCUT2D eigenvalue weighted by Crippen LogP contribution is -2.31. The zero-order valence-electron chi connectivity index (χ0n) is 17.0. The average Bonchev–Trinajstić information content (AvgIpc) is 3.23. The van der Waals surface area contributed by atoms with Crippen LogP contribution < -0.4 is 15.8 Å². The molecule has 0 aliphatic carbocycles. The van der Waals surface area contributed by atoms with E-state index in [1.165, 1.54) is 0 Å². The molecule has 2 heterocycles. The molecule has 0 saturated carbocycles. The predicted molar refractivity (Wildman–Crippen MR) is 122 cm³/mol. The van der Waals surface area contributed by atoms with Gasteiger partial charge in [-0.3, -0.25) is 9.48 Å². The summed E-state index contributed by atoms with van der Waals surface area (Å²) < 4.78 is 7.69. The Morgan fingerprint density at radius 1 is 1.10 bits per heavy atom. The summed E-state index contributed by atoms with van der Waals surface area (Å²) in [7, 11) is 0. The third-order valence-electron chi connectivity index (χ3n) is 4.75. The topological polar surface area (TPSA) is 82.2 Å². The maximum absolute atomic E-state index is 11.9. The summed E-state index contributed by atoms with van der Waals surface area (Å²) in [5.74, 6) is 1.03. The maximum atomic E-state index is 11.9. The van der Waals surface area contributed by atoms with Crippen LogP contribution in [0.4, 0.5) is 0 Å². The monoisotopic (exact) mass is 408 g/mol. The predicted octanol–water partition coefficient (Wildman–Crippen LogP) is 5.03. The van der Waals surface area contributed by atoms with E-state index in [1.807, 2.05) is 73.1 Å². The van der Waals surface area contributed by atoms with Gasteiger partial charge in [0.1, 0.15) is 17.2 Å². The fourth-order valence-electron chi connectivity index (χ4n) is 3.34. The minimum absolute atomic E-state index is 0. The van der Waals surface area contributed by atoms with Crippen molar-refractivity contribution in [2.45, 2.75) is 40.2 Å². The fraction of sp³-hybridized carbons (Fsp3) is 0.333. The number of rotatable bonds is 5. The van der Waals surface area contributed by atoms with E-state index in [0.29, 0.717) is 11.3 Å². The molecule has 1 saturated heterocycles. The number of primary amides is 1. The Morgan fingerprint density at radius 2 is 1.77 bits per heavy atom. The zero-order valence-corrected chi connectivity index (χ0v) is 17.0. The van der Waals surface area contributed by atoms with E-state index in [4.69, 9.17) is 10.5 Å². The van der Waals surface area contributed by atoms with Gasteiger partial charge in [-0.25, -0.2) is 0 Å². The van der Waals surface area contributed by atoms with E-state index in [-0.39, 0.29) is 13.5 Å². The Labute approximate surface area is 179 Å². The molecule has 1 aliphatic heterocycles. The van der Waals surface area contributed by atoms with E-state index in [2.05, 4.69) is 10.4 Å². The molecular weight excluding hydrogens is 376 g/mol. The number of carbonyl (C=O) groups excluding carboxylic acids is 1. The van der Waals surface area contributed by atoms with Crippen molar-refractivity contribution >= 4 is 5.91 Å². The molecular formula is C24H32N4O2. The summed E-state index contributed by atoms with van der Waals surface area (Å²) in [5.41, 5.74) is 7.49. The Morgan fingerprint density at radius 3 is 2.37 bits per heavy atom. The molecule has 3 aromatic rings. The van der Waals surface area contributed by atoms with Crippen molar-refractivity contribution in [1.29, 1.82) is 0 Å². The molecule has 1 aliphatic rings. The van der Waals surface area contributed by atoms with Gasteiger partial charge in [-0.15, -0.1) is 0 Å². The maximum Gasteiger partial charge on any atom is 0.252 e. The van der Waals surface area contributed by atoms with Gasteiger partial charge in [0.15, 0.2) is 0 Å². The molecule has 1 atom stereocenters. The lowest BCUT2D eigenvalue weighted by Gasteiger charge is -2.22. The van der Waals surface area contributed by atoms with Crippen LogP contribution in [0.3, 0.4) is 0 Å². The molecule has 6 nitrogen and oxygen atoms in total. The average molecular weight is 409 g/mol. The second-order valence-corrected chi connectivity index (χ2v) is 6.68. The zero-order chi connectivity index (χ0) is 20.6. The molecule has 0 spiro atoms. The largest absolute Gasteiger partial charge is 0.457 e. The molecule has 2 aromatic carbocycles. The first-order chi connectivity index (χ1) is 14.2. The van der Waals surface area contributed by atoms with Crippen LogP contribution in [0.5, 0.6) is 11.5 Å². The Balaban J connectivity index is 0.00000104. The number of hydrogen-bond donors (Lipinski definition) is 2. The van der Waals surface area contributed by atoms with Crippen LogP contribution in [0, 0.1) is 0 Å². The van der Waals surface area contributed by atoms with Crippen molar-refractivity contribution in [2.75, 3.05) is 13.1 Å². The number of piperidine rings is 1. The smallest absolute Gasteiger partial charge is 0.252 e. The highest BCUT2D eigenvalue weighted by molar-refractivity contribution is 5.98. The number of para-hydroxylation sites is 1. The molecule has 1 aromatic heterocycles. The highest BCUT2D eigenvalue weighted by Crippen LogP contribution is 2.28. The molecule has 4 rings (SSSR count). The second-order valence-electron chi connectivity index (χ2n) is 6.68. The van der Waals surface area contributed by atoms with Gasteiger partial charge in [-0.05, 0) is 55.8 Å². The Kier molecular flexibility index (Phi) is 8.62. The minimum atomic E-state index is -0.468. The number of nitrogens with two attached hydrogens (primary N) is 1. The number of aromatic nitrogens is 2. The first-order valence-corrected chi connectivity index (χ1v) is 10.1. The van der Waals surface area contributed by atoms with Crippen molar-refractivity contribution in [2.24, 2.45) is 5.73 Å². The van der Waals surface area contributed by atoms with Crippen LogP contribution in [0.2, 0.25) is 0 Å². The molecule has 30 heavy (non-hydrogen) atoms. The minimum Gasteiger partial charge on any atom is -0.457 e. The number of ether oxygens (including phenoxy) is 1. The van der Waals surface area contributed by atoms with Crippen LogP contribution in [0.25, 0.3) is 11.3 Å². The number of benzene rings is 2. The van der Waals surface area contributed by atoms with Crippen LogP contribution in [-0.4, -0.2) is 28.8 Å². The molecule has 160 valence electrons. The second kappa shape index (κ2) is 11.2. The van der Waals surface area contributed by atoms with E-state index < -0.39 is 5.91 Å². The van der Waals surface area contributed by atoms with Gasteiger partial charge in [0.25, 0.3) is 5.91 Å². The summed E-state index contributed by atoms with van der Waals surface area (Å²) in [6, 6.07) is 17.4. The number of nitrogens with zero attached hydrogens (tertiary/aromatic N) is 2. The quantitative estimate of drug-likeness (QED) is 0.620. The van der Waals surface area contributed by atoms with Crippen molar-refractivity contribution in [3.8, 4) is 22.8 Å². The van der Waals surface area contributed by atoms with Crippen LogP contribution in [0.1, 0.15) is 50.5 Å². The van der Waals surface area contributed by atoms with E-state index in [9.17, 15) is 4.79 Å². The van der Waals surface area contributed by atoms with Crippen LogP contribution in [-0.2, 0) is 0 Å². The Bertz CT molecular complexity index is 914. The fourth-order valence-corrected chi connectivity index (χ4v) is 3.34. The summed E-state index contributed by atoms with van der Waals surface area (Å²) in [6.45, 7) is 5.87. The van der Waals surface area contributed by atoms with E-state index in [0.717, 1.165) is 43.0 Å². The van der Waals surface area contributed by atoms with Crippen molar-refractivity contribution in [3.05, 3.63) is 66.4 Å². The molecule has 0 bridgehead atoms. The molecule has 1 unspecified atom stereocenters.